The fraction of sp³-hybridized carbons (Fsp3) is 0.241. The number of amides is 2. The summed E-state index contributed by atoms with van der Waals surface area (Å²) in [6.45, 7) is 2.65. The van der Waals surface area contributed by atoms with Gasteiger partial charge in [0.05, 0.1) is 6.04 Å². The lowest BCUT2D eigenvalue weighted by Crippen LogP contribution is -2.62. The predicted molar refractivity (Wildman–Crippen MR) is 134 cm³/mol. The molecule has 4 heterocycles. The highest BCUT2D eigenvalue weighted by atomic mass is 16.7. The average molecular weight is 480 g/mol. The van der Waals surface area contributed by atoms with E-state index in [0.717, 1.165) is 38.9 Å². The normalized spacial score (nSPS) is 20.6. The number of aromatic amines is 1. The lowest BCUT2D eigenvalue weighted by Gasteiger charge is -2.47. The van der Waals surface area contributed by atoms with E-state index in [0.29, 0.717) is 24.5 Å². The molecule has 0 aliphatic carbocycles. The molecule has 0 spiro atoms. The van der Waals surface area contributed by atoms with E-state index in [1.165, 1.54) is 0 Å². The van der Waals surface area contributed by atoms with Gasteiger partial charge in [0.15, 0.2) is 11.5 Å². The third kappa shape index (κ3) is 3.12. The Hall–Kier alpha value is -4.26. The van der Waals surface area contributed by atoms with Crippen molar-refractivity contribution < 1.29 is 19.1 Å². The standard InChI is InChI=1S/C29H25N3O4/c1-17-6-2-3-7-19(17)28-27-21(20-8-4-5-9-22(20)30-27)13-23-29(34)31(15-26(33)32(23)28)14-18-10-11-24-25(12-18)36-16-35-24/h2-12,23,28,30H,13-16H2,1H3/t23-,28?/m0/s1. The molecule has 3 aromatic carbocycles. The van der Waals surface area contributed by atoms with E-state index in [1.54, 1.807) is 4.90 Å². The van der Waals surface area contributed by atoms with E-state index in [4.69, 9.17) is 9.47 Å². The molecule has 7 nitrogen and oxygen atoms in total. The third-order valence-electron chi connectivity index (χ3n) is 7.64. The highest BCUT2D eigenvalue weighted by Gasteiger charge is 2.48. The zero-order valence-electron chi connectivity index (χ0n) is 19.9. The number of para-hydroxylation sites is 1. The molecule has 7 heteroatoms. The Balaban J connectivity index is 1.30. The van der Waals surface area contributed by atoms with Crippen molar-refractivity contribution >= 4 is 22.7 Å². The van der Waals surface area contributed by atoms with Gasteiger partial charge in [-0.3, -0.25) is 9.59 Å². The summed E-state index contributed by atoms with van der Waals surface area (Å²) in [6.07, 6.45) is 0.490. The molecule has 36 heavy (non-hydrogen) atoms. The lowest BCUT2D eigenvalue weighted by atomic mass is 9.85. The van der Waals surface area contributed by atoms with E-state index in [1.807, 2.05) is 47.4 Å². The minimum Gasteiger partial charge on any atom is -0.454 e. The smallest absolute Gasteiger partial charge is 0.246 e. The van der Waals surface area contributed by atoms with Crippen molar-refractivity contribution in [1.82, 2.24) is 14.8 Å². The van der Waals surface area contributed by atoms with Gasteiger partial charge >= 0.3 is 0 Å². The van der Waals surface area contributed by atoms with E-state index in [-0.39, 0.29) is 31.2 Å². The largest absolute Gasteiger partial charge is 0.454 e. The molecular weight excluding hydrogens is 454 g/mol. The molecule has 180 valence electrons. The van der Waals surface area contributed by atoms with Crippen LogP contribution in [-0.4, -0.2) is 46.0 Å². The molecule has 2 amide bonds. The van der Waals surface area contributed by atoms with Crippen LogP contribution in [0.1, 0.15) is 34.0 Å². The zero-order valence-corrected chi connectivity index (χ0v) is 19.9. The molecular formula is C29H25N3O4. The number of aryl methyl sites for hydroxylation is 1. The van der Waals surface area contributed by atoms with Gasteiger partial charge in [-0.2, -0.15) is 0 Å². The number of aromatic nitrogens is 1. The molecule has 1 N–H and O–H groups in total. The van der Waals surface area contributed by atoms with Crippen LogP contribution in [-0.2, 0) is 22.6 Å². The first-order valence-electron chi connectivity index (χ1n) is 12.2. The number of piperazine rings is 1. The molecule has 4 aromatic rings. The van der Waals surface area contributed by atoms with Crippen molar-refractivity contribution in [2.75, 3.05) is 13.3 Å². The van der Waals surface area contributed by atoms with Crippen LogP contribution in [0, 0.1) is 6.92 Å². The topological polar surface area (TPSA) is 74.9 Å². The molecule has 1 aromatic heterocycles. The second-order valence-corrected chi connectivity index (χ2v) is 9.72. The van der Waals surface area contributed by atoms with Crippen LogP contribution in [0.4, 0.5) is 0 Å². The molecule has 1 unspecified atom stereocenters. The van der Waals surface area contributed by atoms with Crippen molar-refractivity contribution in [3.8, 4) is 11.5 Å². The van der Waals surface area contributed by atoms with Gasteiger partial charge in [0, 0.05) is 29.6 Å². The molecule has 0 radical (unpaired) electrons. The Morgan fingerprint density at radius 3 is 2.67 bits per heavy atom. The number of hydrogen-bond donors (Lipinski definition) is 1. The van der Waals surface area contributed by atoms with Gasteiger partial charge in [0.1, 0.15) is 12.6 Å². The van der Waals surface area contributed by atoms with Gasteiger partial charge < -0.3 is 24.3 Å². The first-order chi connectivity index (χ1) is 17.6. The van der Waals surface area contributed by atoms with Crippen molar-refractivity contribution in [3.63, 3.8) is 0 Å². The number of ether oxygens (including phenoxy) is 2. The quantitative estimate of drug-likeness (QED) is 0.480. The number of H-pyrrole nitrogens is 1. The van der Waals surface area contributed by atoms with Crippen LogP contribution >= 0.6 is 0 Å². The van der Waals surface area contributed by atoms with Crippen molar-refractivity contribution in [2.45, 2.75) is 32.0 Å². The molecule has 1 fully saturated rings. The van der Waals surface area contributed by atoms with Crippen LogP contribution in [0.5, 0.6) is 11.5 Å². The number of fused-ring (bicyclic) bond motifs is 5. The van der Waals surface area contributed by atoms with E-state index < -0.39 is 6.04 Å². The molecule has 7 rings (SSSR count). The second kappa shape index (κ2) is 7.88. The molecule has 0 saturated carbocycles. The van der Waals surface area contributed by atoms with Crippen LogP contribution in [0.2, 0.25) is 0 Å². The molecule has 3 aliphatic heterocycles. The Morgan fingerprint density at radius 2 is 1.78 bits per heavy atom. The summed E-state index contributed by atoms with van der Waals surface area (Å²) < 4.78 is 10.9. The van der Waals surface area contributed by atoms with Crippen molar-refractivity contribution in [3.05, 3.63) is 94.7 Å². The predicted octanol–water partition coefficient (Wildman–Crippen LogP) is 4.09. The monoisotopic (exact) mass is 479 g/mol. The third-order valence-corrected chi connectivity index (χ3v) is 7.64. The Bertz CT molecular complexity index is 1540. The molecule has 2 atom stereocenters. The Morgan fingerprint density at radius 1 is 0.972 bits per heavy atom. The lowest BCUT2D eigenvalue weighted by molar-refractivity contribution is -0.159. The SMILES string of the molecule is Cc1ccccc1C1c2[nH]c3ccccc3c2C[C@H]2C(=O)N(Cc3ccc4c(c3)OCO4)CC(=O)N12. The molecule has 0 bridgehead atoms. The minimum atomic E-state index is -0.559. The highest BCUT2D eigenvalue weighted by molar-refractivity contribution is 5.97. The Labute approximate surface area is 208 Å². The van der Waals surface area contributed by atoms with Crippen molar-refractivity contribution in [1.29, 1.82) is 0 Å². The summed E-state index contributed by atoms with van der Waals surface area (Å²) in [4.78, 5) is 34.8. The molecule has 3 aliphatic rings. The number of nitrogens with zero attached hydrogens (tertiary/aromatic N) is 2. The van der Waals surface area contributed by atoms with Crippen LogP contribution in [0.25, 0.3) is 10.9 Å². The van der Waals surface area contributed by atoms with Gasteiger partial charge in [-0.15, -0.1) is 0 Å². The first-order valence-corrected chi connectivity index (χ1v) is 12.2. The summed E-state index contributed by atoms with van der Waals surface area (Å²) in [5, 5.41) is 1.11. The number of benzene rings is 3. The Kier molecular flexibility index (Phi) is 4.61. The summed E-state index contributed by atoms with van der Waals surface area (Å²) in [5.41, 5.74) is 6.19. The number of carbonyl (C=O) groups is 2. The maximum Gasteiger partial charge on any atom is 0.246 e. The summed E-state index contributed by atoms with van der Waals surface area (Å²) >= 11 is 0. The first kappa shape index (κ1) is 21.1. The highest BCUT2D eigenvalue weighted by Crippen LogP contribution is 2.43. The second-order valence-electron chi connectivity index (χ2n) is 9.72. The zero-order chi connectivity index (χ0) is 24.4. The van der Waals surface area contributed by atoms with Gasteiger partial charge in [0.2, 0.25) is 18.6 Å². The summed E-state index contributed by atoms with van der Waals surface area (Å²) in [5.74, 6) is 1.30. The number of hydrogen-bond acceptors (Lipinski definition) is 4. The van der Waals surface area contributed by atoms with E-state index in [9.17, 15) is 9.59 Å². The van der Waals surface area contributed by atoms with E-state index >= 15 is 0 Å². The molecule has 1 saturated heterocycles. The van der Waals surface area contributed by atoms with Gasteiger partial charge in [0.25, 0.3) is 0 Å². The van der Waals surface area contributed by atoms with Crippen molar-refractivity contribution in [2.24, 2.45) is 0 Å². The van der Waals surface area contributed by atoms with Crippen LogP contribution < -0.4 is 9.47 Å². The maximum atomic E-state index is 13.9. The fourth-order valence-corrected chi connectivity index (χ4v) is 5.94. The number of rotatable bonds is 3. The van der Waals surface area contributed by atoms with Gasteiger partial charge in [-0.05, 0) is 47.4 Å². The van der Waals surface area contributed by atoms with Crippen LogP contribution in [0.15, 0.2) is 66.7 Å². The average Bonchev–Trinajstić information content (AvgIpc) is 3.50. The number of carbonyl (C=O) groups excluding carboxylic acids is 2. The maximum absolute atomic E-state index is 13.9. The van der Waals surface area contributed by atoms with Crippen LogP contribution in [0.3, 0.4) is 0 Å². The summed E-state index contributed by atoms with van der Waals surface area (Å²) in [6, 6.07) is 21.1. The fourth-order valence-electron chi connectivity index (χ4n) is 5.94. The van der Waals surface area contributed by atoms with E-state index in [2.05, 4.69) is 36.2 Å². The minimum absolute atomic E-state index is 0.0261. The summed E-state index contributed by atoms with van der Waals surface area (Å²) in [7, 11) is 0. The number of nitrogens with one attached hydrogen (secondary N) is 1. The van der Waals surface area contributed by atoms with Gasteiger partial charge in [-0.1, -0.05) is 48.5 Å². The van der Waals surface area contributed by atoms with Gasteiger partial charge in [-0.25, -0.2) is 0 Å².